The van der Waals surface area contributed by atoms with Gasteiger partial charge in [0.2, 0.25) is 0 Å². The fraction of sp³-hybridized carbons (Fsp3) is 0.684. The van der Waals surface area contributed by atoms with Crippen LogP contribution in [-0.2, 0) is 6.42 Å². The van der Waals surface area contributed by atoms with E-state index in [2.05, 4.69) is 69.5 Å². The number of hydrogen-bond acceptors (Lipinski definition) is 2. The number of likely N-dealkylation sites (tertiary alicyclic amines) is 1. The van der Waals surface area contributed by atoms with Gasteiger partial charge in [-0.3, -0.25) is 0 Å². The Bertz CT molecular complexity index is 445. The lowest BCUT2D eigenvalue weighted by Crippen LogP contribution is -2.41. The Kier molecular flexibility index (Phi) is 5.79. The van der Waals surface area contributed by atoms with Crippen LogP contribution in [0.4, 0.5) is 0 Å². The predicted molar refractivity (Wildman–Crippen MR) is 95.2 cm³/mol. The molecule has 0 aliphatic carbocycles. The molecule has 21 heavy (non-hydrogen) atoms. The third-order valence-corrected chi connectivity index (χ3v) is 5.10. The van der Waals surface area contributed by atoms with E-state index in [-0.39, 0.29) is 0 Å². The van der Waals surface area contributed by atoms with Gasteiger partial charge in [-0.25, -0.2) is 0 Å². The first-order chi connectivity index (χ1) is 9.85. The van der Waals surface area contributed by atoms with Gasteiger partial charge in [-0.1, -0.05) is 39.8 Å². The monoisotopic (exact) mass is 305 g/mol. The molecule has 1 aliphatic heterocycles. The maximum Gasteiger partial charge on any atom is 0.00427 e. The highest BCUT2D eigenvalue weighted by atomic mass is 32.1. The van der Waals surface area contributed by atoms with Crippen molar-refractivity contribution in [2.24, 2.45) is 17.3 Å². The summed E-state index contributed by atoms with van der Waals surface area (Å²) in [6.07, 6.45) is 3.88. The van der Waals surface area contributed by atoms with E-state index in [0.717, 1.165) is 23.2 Å². The smallest absolute Gasteiger partial charge is 0.00427 e. The molecule has 0 atom stereocenters. The van der Waals surface area contributed by atoms with Crippen LogP contribution in [0.1, 0.15) is 46.1 Å². The second-order valence-corrected chi connectivity index (χ2v) is 8.38. The number of nitrogens with zero attached hydrogens (tertiary/aromatic N) is 1. The van der Waals surface area contributed by atoms with Crippen molar-refractivity contribution in [3.05, 3.63) is 29.8 Å². The summed E-state index contributed by atoms with van der Waals surface area (Å²) in [5.74, 6) is 1.78. The van der Waals surface area contributed by atoms with Crippen molar-refractivity contribution in [3.63, 3.8) is 0 Å². The van der Waals surface area contributed by atoms with Crippen LogP contribution in [0, 0.1) is 17.3 Å². The highest BCUT2D eigenvalue weighted by Crippen LogP contribution is 2.29. The molecule has 1 aliphatic rings. The minimum absolute atomic E-state index is 0.326. The summed E-state index contributed by atoms with van der Waals surface area (Å²) < 4.78 is 0. The fourth-order valence-electron chi connectivity index (χ4n) is 3.66. The van der Waals surface area contributed by atoms with Gasteiger partial charge in [0, 0.05) is 11.4 Å². The average Bonchev–Trinajstić information content (AvgIpc) is 2.38. The predicted octanol–water partition coefficient (Wildman–Crippen LogP) is 4.91. The van der Waals surface area contributed by atoms with Crippen molar-refractivity contribution in [1.29, 1.82) is 0 Å². The Morgan fingerprint density at radius 2 is 1.90 bits per heavy atom. The van der Waals surface area contributed by atoms with Crippen LogP contribution >= 0.6 is 12.6 Å². The highest BCUT2D eigenvalue weighted by Gasteiger charge is 2.27. The van der Waals surface area contributed by atoms with Crippen LogP contribution in [0.25, 0.3) is 0 Å². The Balaban J connectivity index is 1.87. The van der Waals surface area contributed by atoms with Crippen molar-refractivity contribution >= 4 is 12.6 Å². The fourth-order valence-corrected chi connectivity index (χ4v) is 3.91. The first-order valence-corrected chi connectivity index (χ1v) is 8.81. The van der Waals surface area contributed by atoms with Crippen LogP contribution in [0.2, 0.25) is 0 Å². The van der Waals surface area contributed by atoms with E-state index < -0.39 is 0 Å². The Labute approximate surface area is 136 Å². The van der Waals surface area contributed by atoms with Gasteiger partial charge in [-0.15, -0.1) is 12.6 Å². The normalized spacial score (nSPS) is 18.4. The van der Waals surface area contributed by atoms with E-state index >= 15 is 0 Å². The van der Waals surface area contributed by atoms with E-state index in [1.54, 1.807) is 0 Å². The molecule has 2 rings (SSSR count). The lowest BCUT2D eigenvalue weighted by atomic mass is 9.82. The minimum atomic E-state index is 0.326. The molecule has 0 radical (unpaired) electrons. The summed E-state index contributed by atoms with van der Waals surface area (Å²) in [4.78, 5) is 3.74. The third-order valence-electron chi connectivity index (χ3n) is 4.82. The first-order valence-electron chi connectivity index (χ1n) is 8.36. The molecule has 0 N–H and O–H groups in total. The summed E-state index contributed by atoms with van der Waals surface area (Å²) >= 11 is 4.45. The van der Waals surface area contributed by atoms with Gasteiger partial charge in [0.05, 0.1) is 0 Å². The van der Waals surface area contributed by atoms with E-state index in [9.17, 15) is 0 Å². The van der Waals surface area contributed by atoms with Gasteiger partial charge < -0.3 is 4.90 Å². The number of hydrogen-bond donors (Lipinski definition) is 1. The molecule has 118 valence electrons. The zero-order valence-corrected chi connectivity index (χ0v) is 15.0. The summed E-state index contributed by atoms with van der Waals surface area (Å²) in [5.41, 5.74) is 1.73. The number of piperidine rings is 1. The van der Waals surface area contributed by atoms with Gasteiger partial charge >= 0.3 is 0 Å². The molecule has 1 aromatic rings. The minimum Gasteiger partial charge on any atom is -0.303 e. The quantitative estimate of drug-likeness (QED) is 0.756. The highest BCUT2D eigenvalue weighted by molar-refractivity contribution is 7.80. The van der Waals surface area contributed by atoms with Crippen molar-refractivity contribution in [1.82, 2.24) is 4.90 Å². The third kappa shape index (κ3) is 5.34. The SMILES string of the molecule is CC(C)C1CCN(CC(C)(C)Cc2cccc(S)c2)CC1. The maximum absolute atomic E-state index is 4.45. The van der Waals surface area contributed by atoms with E-state index in [4.69, 9.17) is 0 Å². The average molecular weight is 306 g/mol. The van der Waals surface area contributed by atoms with Crippen molar-refractivity contribution in [2.75, 3.05) is 19.6 Å². The zero-order chi connectivity index (χ0) is 15.5. The zero-order valence-electron chi connectivity index (χ0n) is 14.1. The number of rotatable bonds is 5. The largest absolute Gasteiger partial charge is 0.303 e. The second-order valence-electron chi connectivity index (χ2n) is 7.87. The molecular weight excluding hydrogens is 274 g/mol. The van der Waals surface area contributed by atoms with Gasteiger partial charge in [0.25, 0.3) is 0 Å². The summed E-state index contributed by atoms with van der Waals surface area (Å²) in [6.45, 7) is 13.3. The first kappa shape index (κ1) is 16.9. The maximum atomic E-state index is 4.45. The Hall–Kier alpha value is -0.470. The van der Waals surface area contributed by atoms with E-state index in [1.807, 2.05) is 0 Å². The van der Waals surface area contributed by atoms with Gasteiger partial charge in [0.1, 0.15) is 0 Å². The lowest BCUT2D eigenvalue weighted by molar-refractivity contribution is 0.113. The summed E-state index contributed by atoms with van der Waals surface area (Å²) in [6, 6.07) is 8.60. The molecule has 0 spiro atoms. The molecule has 0 saturated carbocycles. The number of benzene rings is 1. The molecular formula is C19H31NS. The topological polar surface area (TPSA) is 3.24 Å². The molecule has 1 nitrogen and oxygen atoms in total. The van der Waals surface area contributed by atoms with Crippen LogP contribution in [0.5, 0.6) is 0 Å². The van der Waals surface area contributed by atoms with Gasteiger partial charge in [-0.05, 0) is 67.3 Å². The molecule has 2 heteroatoms. The van der Waals surface area contributed by atoms with Crippen LogP contribution in [-0.4, -0.2) is 24.5 Å². The molecule has 0 amide bonds. The molecule has 1 heterocycles. The molecule has 0 aromatic heterocycles. The van der Waals surface area contributed by atoms with Crippen LogP contribution in [0.15, 0.2) is 29.2 Å². The van der Waals surface area contributed by atoms with Crippen molar-refractivity contribution in [3.8, 4) is 0 Å². The Morgan fingerprint density at radius 3 is 2.48 bits per heavy atom. The van der Waals surface area contributed by atoms with Crippen LogP contribution < -0.4 is 0 Å². The van der Waals surface area contributed by atoms with E-state index in [1.165, 1.54) is 38.0 Å². The standard InChI is InChI=1S/C19H31NS/c1-15(2)17-8-10-20(11-9-17)14-19(3,4)13-16-6-5-7-18(21)12-16/h5-7,12,15,17,21H,8-11,13-14H2,1-4H3. The van der Waals surface area contributed by atoms with Crippen LogP contribution in [0.3, 0.4) is 0 Å². The molecule has 1 aromatic carbocycles. The van der Waals surface area contributed by atoms with Gasteiger partial charge in [0.15, 0.2) is 0 Å². The Morgan fingerprint density at radius 1 is 1.24 bits per heavy atom. The van der Waals surface area contributed by atoms with Gasteiger partial charge in [-0.2, -0.15) is 0 Å². The molecule has 1 fully saturated rings. The summed E-state index contributed by atoms with van der Waals surface area (Å²) in [5, 5.41) is 0. The van der Waals surface area contributed by atoms with E-state index in [0.29, 0.717) is 5.41 Å². The van der Waals surface area contributed by atoms with Crippen molar-refractivity contribution < 1.29 is 0 Å². The summed E-state index contributed by atoms with van der Waals surface area (Å²) in [7, 11) is 0. The second kappa shape index (κ2) is 7.19. The molecule has 1 saturated heterocycles. The molecule has 0 unspecified atom stereocenters. The molecule has 0 bridgehead atoms. The van der Waals surface area contributed by atoms with Crippen molar-refractivity contribution in [2.45, 2.75) is 51.9 Å². The number of thiol groups is 1. The lowest BCUT2D eigenvalue weighted by Gasteiger charge is -2.38.